The molecule has 1 aromatic carbocycles. The number of oxazole rings is 1. The van der Waals surface area contributed by atoms with Crippen LogP contribution in [0.25, 0.3) is 11.1 Å². The van der Waals surface area contributed by atoms with Crippen LogP contribution in [-0.4, -0.2) is 18.7 Å². The van der Waals surface area contributed by atoms with Gasteiger partial charge in [0.05, 0.1) is 12.7 Å². The number of aryl methyl sites for hydroxylation is 2. The SMILES string of the molecule is Cc1oc2ccc(Cl)cc2[n+]1CCCCS(=O)(=O)O. The van der Waals surface area contributed by atoms with Crippen LogP contribution in [0.1, 0.15) is 18.7 Å². The molecule has 104 valence electrons. The Hall–Kier alpha value is -1.11. The molecule has 5 nitrogen and oxygen atoms in total. The fraction of sp³-hybridized carbons (Fsp3) is 0.417. The van der Waals surface area contributed by atoms with Crippen LogP contribution in [0.15, 0.2) is 22.6 Å². The van der Waals surface area contributed by atoms with Crippen LogP contribution >= 0.6 is 11.6 Å². The van der Waals surface area contributed by atoms with Crippen LogP contribution in [-0.2, 0) is 16.7 Å². The van der Waals surface area contributed by atoms with Gasteiger partial charge in [-0.05, 0) is 18.6 Å². The Bertz CT molecular complexity index is 693. The molecule has 0 amide bonds. The molecular formula is C12H15ClNO4S+. The van der Waals surface area contributed by atoms with Gasteiger partial charge in [-0.3, -0.25) is 4.55 Å². The zero-order valence-corrected chi connectivity index (χ0v) is 12.0. The van der Waals surface area contributed by atoms with E-state index in [1.54, 1.807) is 12.1 Å². The Morgan fingerprint density at radius 2 is 2.11 bits per heavy atom. The molecule has 2 aromatic rings. The van der Waals surface area contributed by atoms with E-state index in [1.807, 2.05) is 17.6 Å². The Morgan fingerprint density at radius 3 is 2.79 bits per heavy atom. The summed E-state index contributed by atoms with van der Waals surface area (Å²) in [5.41, 5.74) is 1.63. The summed E-state index contributed by atoms with van der Waals surface area (Å²) in [5, 5.41) is 0.625. The molecule has 0 atom stereocenters. The lowest BCUT2D eigenvalue weighted by atomic mass is 10.3. The first kappa shape index (κ1) is 14.3. The molecule has 1 aromatic heterocycles. The van der Waals surface area contributed by atoms with Crippen molar-refractivity contribution in [2.45, 2.75) is 26.3 Å². The lowest BCUT2D eigenvalue weighted by molar-refractivity contribution is -0.683. The average Bonchev–Trinajstić information content (AvgIpc) is 2.59. The normalized spacial score (nSPS) is 12.2. The van der Waals surface area contributed by atoms with Crippen LogP contribution < -0.4 is 4.57 Å². The third-order valence-corrected chi connectivity index (χ3v) is 3.92. The number of aromatic nitrogens is 1. The van der Waals surface area contributed by atoms with Crippen molar-refractivity contribution in [3.05, 3.63) is 29.1 Å². The zero-order chi connectivity index (χ0) is 14.0. The second kappa shape index (κ2) is 5.48. The Labute approximate surface area is 116 Å². The van der Waals surface area contributed by atoms with Crippen molar-refractivity contribution in [3.8, 4) is 0 Å². The Balaban J connectivity index is 2.12. The van der Waals surface area contributed by atoms with E-state index in [9.17, 15) is 8.42 Å². The van der Waals surface area contributed by atoms with Gasteiger partial charge in [0, 0.05) is 17.5 Å². The molecule has 19 heavy (non-hydrogen) atoms. The molecule has 0 saturated heterocycles. The van der Waals surface area contributed by atoms with E-state index in [0.29, 0.717) is 24.4 Å². The van der Waals surface area contributed by atoms with Gasteiger partial charge in [0.1, 0.15) is 0 Å². The first-order valence-corrected chi connectivity index (χ1v) is 7.89. The van der Waals surface area contributed by atoms with Crippen molar-refractivity contribution in [1.82, 2.24) is 0 Å². The molecule has 1 N–H and O–H groups in total. The summed E-state index contributed by atoms with van der Waals surface area (Å²) < 4.78 is 37.5. The number of rotatable bonds is 5. The Morgan fingerprint density at radius 1 is 1.37 bits per heavy atom. The monoisotopic (exact) mass is 304 g/mol. The van der Waals surface area contributed by atoms with Crippen molar-refractivity contribution >= 4 is 32.8 Å². The fourth-order valence-corrected chi connectivity index (χ4v) is 2.74. The standard InChI is InChI=1S/C12H14ClNO4S/c1-9-14(6-2-3-7-19(15,16)17)11-8-10(13)4-5-12(11)18-9/h4-5,8H,2-3,6-7H2,1H3/p+1. The van der Waals surface area contributed by atoms with Gasteiger partial charge in [0.15, 0.2) is 6.54 Å². The molecule has 0 aliphatic carbocycles. The summed E-state index contributed by atoms with van der Waals surface area (Å²) >= 11 is 5.95. The first-order chi connectivity index (χ1) is 8.87. The van der Waals surface area contributed by atoms with Crippen molar-refractivity contribution in [2.75, 3.05) is 5.75 Å². The molecule has 0 aliphatic rings. The number of unbranched alkanes of at least 4 members (excludes halogenated alkanes) is 1. The van der Waals surface area contributed by atoms with Crippen molar-refractivity contribution in [1.29, 1.82) is 0 Å². The third-order valence-electron chi connectivity index (χ3n) is 2.88. The number of benzene rings is 1. The summed E-state index contributed by atoms with van der Waals surface area (Å²) in [6, 6.07) is 5.38. The van der Waals surface area contributed by atoms with Crippen LogP contribution in [0.3, 0.4) is 0 Å². The summed E-state index contributed by atoms with van der Waals surface area (Å²) in [6.07, 6.45) is 1.03. The molecule has 0 aliphatic heterocycles. The van der Waals surface area contributed by atoms with Gasteiger partial charge in [0.2, 0.25) is 5.58 Å². The molecular weight excluding hydrogens is 290 g/mol. The smallest absolute Gasteiger partial charge is 0.344 e. The van der Waals surface area contributed by atoms with E-state index in [-0.39, 0.29) is 5.75 Å². The van der Waals surface area contributed by atoms with Crippen molar-refractivity contribution < 1.29 is 22.0 Å². The summed E-state index contributed by atoms with van der Waals surface area (Å²) in [7, 11) is -3.88. The van der Waals surface area contributed by atoms with Gasteiger partial charge in [-0.1, -0.05) is 11.6 Å². The van der Waals surface area contributed by atoms with Gasteiger partial charge in [-0.15, -0.1) is 0 Å². The van der Waals surface area contributed by atoms with Crippen LogP contribution in [0.5, 0.6) is 0 Å². The Kier molecular flexibility index (Phi) is 4.13. The van der Waals surface area contributed by atoms with Crippen LogP contribution in [0.2, 0.25) is 5.02 Å². The van der Waals surface area contributed by atoms with Gasteiger partial charge >= 0.3 is 5.89 Å². The lowest BCUT2D eigenvalue weighted by Gasteiger charge is -1.96. The molecule has 0 bridgehead atoms. The van der Waals surface area contributed by atoms with Crippen LogP contribution in [0.4, 0.5) is 0 Å². The van der Waals surface area contributed by atoms with Gasteiger partial charge in [-0.25, -0.2) is 0 Å². The molecule has 0 unspecified atom stereocenters. The number of hydrogen-bond acceptors (Lipinski definition) is 3. The quantitative estimate of drug-likeness (QED) is 0.523. The van der Waals surface area contributed by atoms with E-state index >= 15 is 0 Å². The minimum atomic E-state index is -3.88. The molecule has 0 saturated carbocycles. The van der Waals surface area contributed by atoms with E-state index in [4.69, 9.17) is 20.6 Å². The van der Waals surface area contributed by atoms with E-state index in [0.717, 1.165) is 17.0 Å². The summed E-state index contributed by atoms with van der Waals surface area (Å²) in [5.74, 6) is 0.521. The number of fused-ring (bicyclic) bond motifs is 1. The van der Waals surface area contributed by atoms with Crippen molar-refractivity contribution in [2.24, 2.45) is 0 Å². The zero-order valence-electron chi connectivity index (χ0n) is 10.5. The maximum atomic E-state index is 10.6. The number of hydrogen-bond donors (Lipinski definition) is 1. The van der Waals surface area contributed by atoms with E-state index in [1.165, 1.54) is 0 Å². The number of nitrogens with zero attached hydrogens (tertiary/aromatic N) is 1. The highest BCUT2D eigenvalue weighted by molar-refractivity contribution is 7.85. The fourth-order valence-electron chi connectivity index (χ4n) is 2.00. The highest BCUT2D eigenvalue weighted by atomic mass is 35.5. The summed E-state index contributed by atoms with van der Waals surface area (Å²) in [6.45, 7) is 2.46. The molecule has 0 spiro atoms. The molecule has 0 fully saturated rings. The second-order valence-electron chi connectivity index (χ2n) is 4.38. The number of halogens is 1. The van der Waals surface area contributed by atoms with Gasteiger partial charge in [-0.2, -0.15) is 13.0 Å². The average molecular weight is 305 g/mol. The second-order valence-corrected chi connectivity index (χ2v) is 6.39. The van der Waals surface area contributed by atoms with Crippen LogP contribution in [0, 0.1) is 6.92 Å². The largest absolute Gasteiger partial charge is 0.402 e. The predicted octanol–water partition coefficient (Wildman–Crippen LogP) is 2.35. The molecule has 1 heterocycles. The third kappa shape index (κ3) is 3.68. The van der Waals surface area contributed by atoms with Gasteiger partial charge < -0.3 is 4.42 Å². The summed E-state index contributed by atoms with van der Waals surface area (Å²) in [4.78, 5) is 0. The minimum absolute atomic E-state index is 0.219. The maximum absolute atomic E-state index is 10.6. The highest BCUT2D eigenvalue weighted by Crippen LogP contribution is 2.18. The van der Waals surface area contributed by atoms with Gasteiger partial charge in [0.25, 0.3) is 15.6 Å². The molecule has 0 radical (unpaired) electrons. The molecule has 2 rings (SSSR count). The highest BCUT2D eigenvalue weighted by Gasteiger charge is 2.19. The minimum Gasteiger partial charge on any atom is -0.402 e. The van der Waals surface area contributed by atoms with E-state index in [2.05, 4.69) is 0 Å². The molecule has 7 heteroatoms. The topological polar surface area (TPSA) is 71.4 Å². The van der Waals surface area contributed by atoms with Crippen molar-refractivity contribution in [3.63, 3.8) is 0 Å². The lowest BCUT2D eigenvalue weighted by Crippen LogP contribution is -2.35. The van der Waals surface area contributed by atoms with E-state index < -0.39 is 10.1 Å². The first-order valence-electron chi connectivity index (χ1n) is 5.90. The predicted molar refractivity (Wildman–Crippen MR) is 71.8 cm³/mol. The maximum Gasteiger partial charge on any atom is 0.344 e.